The molecule has 2 aromatic rings. The van der Waals surface area contributed by atoms with Gasteiger partial charge in [-0.1, -0.05) is 0 Å². The van der Waals surface area contributed by atoms with E-state index in [1.54, 1.807) is 0 Å². The first-order valence-electron chi connectivity index (χ1n) is 5.98. The van der Waals surface area contributed by atoms with Gasteiger partial charge in [-0.05, 0) is 20.8 Å². The fourth-order valence-corrected chi connectivity index (χ4v) is 1.78. The minimum atomic E-state index is -0.538. The highest BCUT2D eigenvalue weighted by Gasteiger charge is 2.12. The van der Waals surface area contributed by atoms with Crippen LogP contribution in [0, 0.1) is 0 Å². The molecule has 0 radical (unpaired) electrons. The third kappa shape index (κ3) is 2.84. The molecule has 0 aliphatic rings. The number of aromatic nitrogens is 4. The van der Waals surface area contributed by atoms with Crippen LogP contribution in [0.4, 0.5) is 0 Å². The van der Waals surface area contributed by atoms with E-state index in [2.05, 4.69) is 20.3 Å². The summed E-state index contributed by atoms with van der Waals surface area (Å²) in [5.74, 6) is 0. The Morgan fingerprint density at radius 3 is 2.42 bits per heavy atom. The molecule has 0 aliphatic carbocycles. The number of aromatic amines is 3. The Kier molecular flexibility index (Phi) is 3.19. The van der Waals surface area contributed by atoms with Crippen molar-refractivity contribution in [3.8, 4) is 0 Å². The highest BCUT2D eigenvalue weighted by atomic mass is 16.2. The van der Waals surface area contributed by atoms with Crippen LogP contribution < -0.4 is 22.3 Å². The van der Waals surface area contributed by atoms with E-state index >= 15 is 0 Å². The van der Waals surface area contributed by atoms with E-state index < -0.39 is 16.9 Å². The van der Waals surface area contributed by atoms with E-state index in [0.717, 1.165) is 4.57 Å². The fourth-order valence-electron chi connectivity index (χ4n) is 1.78. The van der Waals surface area contributed by atoms with Gasteiger partial charge in [0.15, 0.2) is 5.52 Å². The lowest BCUT2D eigenvalue weighted by atomic mass is 10.1. The van der Waals surface area contributed by atoms with E-state index in [0.29, 0.717) is 6.54 Å². The predicted molar refractivity (Wildman–Crippen MR) is 71.6 cm³/mol. The number of H-pyrrole nitrogens is 3. The van der Waals surface area contributed by atoms with Crippen molar-refractivity contribution in [1.29, 1.82) is 0 Å². The number of hydrogen-bond donors (Lipinski definition) is 4. The molecule has 2 heterocycles. The summed E-state index contributed by atoms with van der Waals surface area (Å²) in [6.07, 6.45) is 0. The van der Waals surface area contributed by atoms with Gasteiger partial charge in [0.05, 0.1) is 0 Å². The minimum absolute atomic E-state index is 0.0837. The average molecular weight is 267 g/mol. The van der Waals surface area contributed by atoms with Crippen molar-refractivity contribution in [1.82, 2.24) is 24.8 Å². The number of hydrogen-bond acceptors (Lipinski definition) is 4. The lowest BCUT2D eigenvalue weighted by molar-refractivity contribution is 0.408. The first kappa shape index (κ1) is 13.3. The quantitative estimate of drug-likeness (QED) is 0.576. The van der Waals surface area contributed by atoms with Crippen LogP contribution >= 0.6 is 0 Å². The molecule has 0 aromatic carbocycles. The van der Waals surface area contributed by atoms with Crippen molar-refractivity contribution in [2.24, 2.45) is 0 Å². The van der Waals surface area contributed by atoms with Crippen molar-refractivity contribution in [3.63, 3.8) is 0 Å². The highest BCUT2D eigenvalue weighted by Crippen LogP contribution is 1.97. The second-order valence-corrected chi connectivity index (χ2v) is 5.39. The Labute approximate surface area is 107 Å². The Morgan fingerprint density at radius 2 is 1.79 bits per heavy atom. The van der Waals surface area contributed by atoms with Crippen molar-refractivity contribution in [3.05, 3.63) is 31.3 Å². The molecule has 8 nitrogen and oxygen atoms in total. The molecule has 19 heavy (non-hydrogen) atoms. The van der Waals surface area contributed by atoms with Gasteiger partial charge in [-0.3, -0.25) is 24.3 Å². The van der Waals surface area contributed by atoms with Crippen LogP contribution in [0.15, 0.2) is 14.4 Å². The van der Waals surface area contributed by atoms with E-state index in [1.807, 2.05) is 20.8 Å². The Morgan fingerprint density at radius 1 is 1.11 bits per heavy atom. The first-order chi connectivity index (χ1) is 8.78. The van der Waals surface area contributed by atoms with Crippen LogP contribution in [-0.2, 0) is 6.54 Å². The molecule has 0 bridgehead atoms. The van der Waals surface area contributed by atoms with Gasteiger partial charge < -0.3 is 5.32 Å². The molecule has 0 fully saturated rings. The third-order valence-corrected chi connectivity index (χ3v) is 2.65. The molecule has 0 amide bonds. The number of rotatable bonds is 3. The summed E-state index contributed by atoms with van der Waals surface area (Å²) in [6.45, 7) is 6.69. The largest absolute Gasteiger partial charge is 0.330 e. The van der Waals surface area contributed by atoms with Gasteiger partial charge in [0.2, 0.25) is 0 Å². The zero-order chi connectivity index (χ0) is 14.2. The lowest BCUT2D eigenvalue weighted by Gasteiger charge is -2.20. The summed E-state index contributed by atoms with van der Waals surface area (Å²) in [5, 5.41) is 3.19. The monoisotopic (exact) mass is 267 g/mol. The molecule has 0 saturated carbocycles. The second-order valence-electron chi connectivity index (χ2n) is 5.39. The normalized spacial score (nSPS) is 12.2. The lowest BCUT2D eigenvalue weighted by Crippen LogP contribution is -2.42. The van der Waals surface area contributed by atoms with Gasteiger partial charge in [-0.25, -0.2) is 9.59 Å². The summed E-state index contributed by atoms with van der Waals surface area (Å²) in [6, 6.07) is 0. The van der Waals surface area contributed by atoms with Crippen molar-refractivity contribution in [2.75, 3.05) is 6.54 Å². The molecule has 104 valence electrons. The van der Waals surface area contributed by atoms with Crippen LogP contribution in [0.3, 0.4) is 0 Å². The highest BCUT2D eigenvalue weighted by molar-refractivity contribution is 5.67. The first-order valence-corrected chi connectivity index (χ1v) is 5.98. The molecular formula is C11H17N5O3. The molecular weight excluding hydrogens is 250 g/mol. The average Bonchev–Trinajstić information content (AvgIpc) is 2.62. The van der Waals surface area contributed by atoms with Crippen molar-refractivity contribution < 1.29 is 0 Å². The summed E-state index contributed by atoms with van der Waals surface area (Å²) < 4.78 is 1.06. The van der Waals surface area contributed by atoms with E-state index in [9.17, 15) is 14.4 Å². The molecule has 0 aliphatic heterocycles. The van der Waals surface area contributed by atoms with Crippen LogP contribution in [0.2, 0.25) is 0 Å². The molecule has 0 unspecified atom stereocenters. The molecule has 0 spiro atoms. The molecule has 8 heteroatoms. The number of fused-ring (bicyclic) bond motifs is 1. The smallest absolute Gasteiger partial charge is 0.310 e. The van der Waals surface area contributed by atoms with Gasteiger partial charge in [-0.15, -0.1) is 0 Å². The van der Waals surface area contributed by atoms with Crippen LogP contribution in [-0.4, -0.2) is 31.6 Å². The van der Waals surface area contributed by atoms with E-state index in [-0.39, 0.29) is 23.2 Å². The Bertz CT molecular complexity index is 755. The third-order valence-electron chi connectivity index (χ3n) is 2.65. The molecule has 0 atom stereocenters. The maximum absolute atomic E-state index is 12.0. The predicted octanol–water partition coefficient (Wildman–Crippen LogP) is -0.906. The van der Waals surface area contributed by atoms with Gasteiger partial charge in [0.25, 0.3) is 5.56 Å². The molecule has 2 rings (SSSR count). The fraction of sp³-hybridized carbons (Fsp3) is 0.545. The van der Waals surface area contributed by atoms with Crippen molar-refractivity contribution >= 4 is 11.2 Å². The maximum Gasteiger partial charge on any atom is 0.330 e. The number of nitrogens with zero attached hydrogens (tertiary/aromatic N) is 1. The Balaban J connectivity index is 2.36. The number of nitrogens with one attached hydrogen (secondary N) is 4. The van der Waals surface area contributed by atoms with Crippen molar-refractivity contribution in [2.45, 2.75) is 32.9 Å². The molecule has 4 N–H and O–H groups in total. The summed E-state index contributed by atoms with van der Waals surface area (Å²) in [7, 11) is 0. The standard InChI is InChI=1S/C11H17N5O3/c1-11(2,3)12-4-5-16-8(17)6-7(15-10(16)19)14-9(18)13-6/h12H,4-5H2,1-3H3,(H,15,19)(H2,13,14,18). The number of imidazole rings is 1. The van der Waals surface area contributed by atoms with Gasteiger partial charge >= 0.3 is 11.4 Å². The molecule has 2 aromatic heterocycles. The van der Waals surface area contributed by atoms with E-state index in [4.69, 9.17) is 0 Å². The second kappa shape index (κ2) is 4.54. The maximum atomic E-state index is 12.0. The zero-order valence-electron chi connectivity index (χ0n) is 11.1. The summed E-state index contributed by atoms with van der Waals surface area (Å²) >= 11 is 0. The van der Waals surface area contributed by atoms with Crippen LogP contribution in [0.25, 0.3) is 11.2 Å². The Hall–Kier alpha value is -2.09. The molecule has 0 saturated heterocycles. The SMILES string of the molecule is CC(C)(C)NCCn1c(=O)[nH]c2[nH]c(=O)[nH]c2c1=O. The zero-order valence-corrected chi connectivity index (χ0v) is 11.1. The summed E-state index contributed by atoms with van der Waals surface area (Å²) in [4.78, 5) is 42.1. The van der Waals surface area contributed by atoms with E-state index in [1.165, 1.54) is 0 Å². The van der Waals surface area contributed by atoms with Crippen LogP contribution in [0.1, 0.15) is 20.8 Å². The summed E-state index contributed by atoms with van der Waals surface area (Å²) in [5.41, 5.74) is -1.45. The minimum Gasteiger partial charge on any atom is -0.310 e. The van der Waals surface area contributed by atoms with Gasteiger partial charge in [-0.2, -0.15) is 0 Å². The van der Waals surface area contributed by atoms with Gasteiger partial charge in [0.1, 0.15) is 5.65 Å². The topological polar surface area (TPSA) is 116 Å². The van der Waals surface area contributed by atoms with Crippen LogP contribution in [0.5, 0.6) is 0 Å². The van der Waals surface area contributed by atoms with Gasteiger partial charge in [0, 0.05) is 18.6 Å².